The number of nitrogens with two attached hydrogens (primary N) is 1. The maximum atomic E-state index is 5.53. The van der Waals surface area contributed by atoms with Gasteiger partial charge < -0.3 is 5.32 Å². The number of hydrogen-bond donors (Lipinski definition) is 3. The Morgan fingerprint density at radius 3 is 2.29 bits per heavy atom. The van der Waals surface area contributed by atoms with Crippen molar-refractivity contribution in [1.82, 2.24) is 10.7 Å². The SMILES string of the molecule is NNC(=NCC1CCCC1)NC1CCCCC1. The van der Waals surface area contributed by atoms with Crippen LogP contribution >= 0.6 is 0 Å². The van der Waals surface area contributed by atoms with E-state index in [1.54, 1.807) is 0 Å². The van der Waals surface area contributed by atoms with Crippen LogP contribution in [0.2, 0.25) is 0 Å². The van der Waals surface area contributed by atoms with Gasteiger partial charge in [0.2, 0.25) is 5.96 Å². The van der Waals surface area contributed by atoms with Crippen molar-refractivity contribution in [1.29, 1.82) is 0 Å². The van der Waals surface area contributed by atoms with E-state index in [1.165, 1.54) is 57.8 Å². The van der Waals surface area contributed by atoms with Crippen molar-refractivity contribution < 1.29 is 0 Å². The number of hydrazine groups is 1. The number of rotatable bonds is 3. The summed E-state index contributed by atoms with van der Waals surface area (Å²) in [7, 11) is 0. The minimum atomic E-state index is 0.571. The first-order chi connectivity index (χ1) is 8.38. The summed E-state index contributed by atoms with van der Waals surface area (Å²) in [6.07, 6.45) is 12.0. The molecule has 4 heteroatoms. The van der Waals surface area contributed by atoms with Gasteiger partial charge in [-0.1, -0.05) is 32.1 Å². The molecular formula is C13H26N4. The van der Waals surface area contributed by atoms with Crippen LogP contribution in [-0.2, 0) is 0 Å². The maximum absolute atomic E-state index is 5.53. The molecule has 2 fully saturated rings. The van der Waals surface area contributed by atoms with Crippen LogP contribution in [0.5, 0.6) is 0 Å². The second-order valence-corrected chi connectivity index (χ2v) is 5.46. The third kappa shape index (κ3) is 4.19. The second-order valence-electron chi connectivity index (χ2n) is 5.46. The van der Waals surface area contributed by atoms with E-state index in [0.717, 1.165) is 18.4 Å². The molecule has 2 aliphatic rings. The number of guanidine groups is 1. The molecule has 0 saturated heterocycles. The highest BCUT2D eigenvalue weighted by Gasteiger charge is 2.16. The predicted molar refractivity (Wildman–Crippen MR) is 71.6 cm³/mol. The van der Waals surface area contributed by atoms with E-state index in [4.69, 9.17) is 5.84 Å². The van der Waals surface area contributed by atoms with E-state index < -0.39 is 0 Å². The molecule has 0 unspecified atom stereocenters. The summed E-state index contributed by atoms with van der Waals surface area (Å²) in [6.45, 7) is 0.930. The summed E-state index contributed by atoms with van der Waals surface area (Å²) >= 11 is 0. The van der Waals surface area contributed by atoms with Crippen LogP contribution in [0.15, 0.2) is 4.99 Å². The predicted octanol–water partition coefficient (Wildman–Crippen LogP) is 1.92. The van der Waals surface area contributed by atoms with Crippen molar-refractivity contribution in [2.75, 3.05) is 6.54 Å². The molecule has 0 bridgehead atoms. The molecule has 0 radical (unpaired) electrons. The number of hydrogen-bond acceptors (Lipinski definition) is 2. The van der Waals surface area contributed by atoms with E-state index in [9.17, 15) is 0 Å². The van der Waals surface area contributed by atoms with Crippen molar-refractivity contribution >= 4 is 5.96 Å². The first-order valence-electron chi connectivity index (χ1n) is 7.16. The van der Waals surface area contributed by atoms with Gasteiger partial charge in [0, 0.05) is 12.6 Å². The Morgan fingerprint density at radius 2 is 1.65 bits per heavy atom. The number of aliphatic imine (C=N–C) groups is 1. The molecular weight excluding hydrogens is 212 g/mol. The summed E-state index contributed by atoms with van der Waals surface area (Å²) in [5, 5.41) is 3.44. The molecule has 4 nitrogen and oxygen atoms in total. The summed E-state index contributed by atoms with van der Waals surface area (Å²) in [6, 6.07) is 0.571. The average Bonchev–Trinajstić information content (AvgIpc) is 2.89. The van der Waals surface area contributed by atoms with Gasteiger partial charge in [0.15, 0.2) is 0 Å². The molecule has 2 saturated carbocycles. The third-order valence-corrected chi connectivity index (χ3v) is 4.07. The first kappa shape index (κ1) is 12.7. The normalized spacial score (nSPS) is 23.9. The lowest BCUT2D eigenvalue weighted by molar-refractivity contribution is 0.409. The number of nitrogens with zero attached hydrogens (tertiary/aromatic N) is 1. The Kier molecular flexibility index (Phi) is 5.10. The maximum Gasteiger partial charge on any atom is 0.205 e. The van der Waals surface area contributed by atoms with Gasteiger partial charge in [0.1, 0.15) is 0 Å². The number of nitrogens with one attached hydrogen (secondary N) is 2. The Labute approximate surface area is 104 Å². The molecule has 0 heterocycles. The molecule has 0 aromatic heterocycles. The van der Waals surface area contributed by atoms with E-state index in [0.29, 0.717) is 6.04 Å². The van der Waals surface area contributed by atoms with Crippen molar-refractivity contribution in [2.24, 2.45) is 16.8 Å². The lowest BCUT2D eigenvalue weighted by Gasteiger charge is -2.24. The minimum Gasteiger partial charge on any atom is -0.353 e. The molecule has 17 heavy (non-hydrogen) atoms. The molecule has 0 aromatic rings. The standard InChI is InChI=1S/C13H26N4/c14-17-13(15-10-11-6-4-5-7-11)16-12-8-2-1-3-9-12/h11-12H,1-10,14H2,(H2,15,16,17). The van der Waals surface area contributed by atoms with Crippen molar-refractivity contribution in [3.8, 4) is 0 Å². The molecule has 2 rings (SSSR count). The quantitative estimate of drug-likeness (QED) is 0.305. The van der Waals surface area contributed by atoms with Crippen LogP contribution in [0.25, 0.3) is 0 Å². The van der Waals surface area contributed by atoms with Crippen molar-refractivity contribution in [2.45, 2.75) is 63.8 Å². The lowest BCUT2D eigenvalue weighted by Crippen LogP contribution is -2.47. The van der Waals surface area contributed by atoms with Gasteiger partial charge in [-0.2, -0.15) is 0 Å². The van der Waals surface area contributed by atoms with Crippen LogP contribution in [-0.4, -0.2) is 18.5 Å². The smallest absolute Gasteiger partial charge is 0.205 e. The van der Waals surface area contributed by atoms with Crippen LogP contribution < -0.4 is 16.6 Å². The van der Waals surface area contributed by atoms with Gasteiger partial charge in [0.25, 0.3) is 0 Å². The molecule has 0 aromatic carbocycles. The fraction of sp³-hybridized carbons (Fsp3) is 0.923. The van der Waals surface area contributed by atoms with Crippen LogP contribution in [0.4, 0.5) is 0 Å². The van der Waals surface area contributed by atoms with E-state index >= 15 is 0 Å². The van der Waals surface area contributed by atoms with E-state index in [-0.39, 0.29) is 0 Å². The van der Waals surface area contributed by atoms with Gasteiger partial charge >= 0.3 is 0 Å². The lowest BCUT2D eigenvalue weighted by atomic mass is 9.96. The van der Waals surface area contributed by atoms with Gasteiger partial charge in [0.05, 0.1) is 0 Å². The Balaban J connectivity index is 1.75. The second kappa shape index (κ2) is 6.84. The third-order valence-electron chi connectivity index (χ3n) is 4.07. The molecule has 98 valence electrons. The zero-order valence-corrected chi connectivity index (χ0v) is 10.8. The molecule has 2 aliphatic carbocycles. The largest absolute Gasteiger partial charge is 0.353 e. The van der Waals surface area contributed by atoms with Crippen molar-refractivity contribution in [3.63, 3.8) is 0 Å². The van der Waals surface area contributed by atoms with Crippen LogP contribution in [0.3, 0.4) is 0 Å². The van der Waals surface area contributed by atoms with Crippen LogP contribution in [0.1, 0.15) is 57.8 Å². The molecule has 4 N–H and O–H groups in total. The van der Waals surface area contributed by atoms with Gasteiger partial charge in [-0.3, -0.25) is 10.4 Å². The Hall–Kier alpha value is -0.770. The van der Waals surface area contributed by atoms with E-state index in [2.05, 4.69) is 15.7 Å². The van der Waals surface area contributed by atoms with Gasteiger partial charge in [-0.15, -0.1) is 0 Å². The molecule has 0 spiro atoms. The molecule has 0 atom stereocenters. The highest BCUT2D eigenvalue weighted by atomic mass is 15.3. The van der Waals surface area contributed by atoms with E-state index in [1.807, 2.05) is 0 Å². The fourth-order valence-electron chi connectivity index (χ4n) is 2.99. The first-order valence-corrected chi connectivity index (χ1v) is 7.16. The Bertz CT molecular complexity index is 240. The highest BCUT2D eigenvalue weighted by molar-refractivity contribution is 5.79. The fourth-order valence-corrected chi connectivity index (χ4v) is 2.99. The minimum absolute atomic E-state index is 0.571. The zero-order valence-electron chi connectivity index (χ0n) is 10.8. The average molecular weight is 238 g/mol. The van der Waals surface area contributed by atoms with Gasteiger partial charge in [-0.05, 0) is 31.6 Å². The highest BCUT2D eigenvalue weighted by Crippen LogP contribution is 2.24. The summed E-state index contributed by atoms with van der Waals surface area (Å²) in [5.74, 6) is 7.11. The Morgan fingerprint density at radius 1 is 1.00 bits per heavy atom. The van der Waals surface area contributed by atoms with Gasteiger partial charge in [-0.25, -0.2) is 5.84 Å². The summed E-state index contributed by atoms with van der Waals surface area (Å²) in [4.78, 5) is 4.59. The molecule has 0 amide bonds. The summed E-state index contributed by atoms with van der Waals surface area (Å²) < 4.78 is 0. The summed E-state index contributed by atoms with van der Waals surface area (Å²) in [5.41, 5.74) is 2.71. The monoisotopic (exact) mass is 238 g/mol. The molecule has 0 aliphatic heterocycles. The van der Waals surface area contributed by atoms with Crippen LogP contribution in [0, 0.1) is 5.92 Å². The zero-order chi connectivity index (χ0) is 11.9. The van der Waals surface area contributed by atoms with Crippen molar-refractivity contribution in [3.05, 3.63) is 0 Å². The topological polar surface area (TPSA) is 62.4 Å².